The Balaban J connectivity index is 2.16. The maximum atomic E-state index is 13.0. The minimum atomic E-state index is -0.955. The van der Waals surface area contributed by atoms with Crippen LogP contribution in [-0.4, -0.2) is 48.0 Å². The topological polar surface area (TPSA) is 112 Å². The van der Waals surface area contributed by atoms with E-state index >= 15 is 0 Å². The number of carbonyl (C=O) groups excluding carboxylic acids is 2. The minimum Gasteiger partial charge on any atom is -0.443 e. The van der Waals surface area contributed by atoms with E-state index in [-0.39, 0.29) is 17.3 Å². The zero-order valence-electron chi connectivity index (χ0n) is 18.1. The number of imide groups is 1. The van der Waals surface area contributed by atoms with Crippen molar-refractivity contribution in [2.45, 2.75) is 52.7 Å². The minimum absolute atomic E-state index is 0.106. The first-order valence-electron chi connectivity index (χ1n) is 9.44. The lowest BCUT2D eigenvalue weighted by atomic mass is 10.2. The molecule has 0 bridgehead atoms. The van der Waals surface area contributed by atoms with Crippen molar-refractivity contribution in [1.29, 1.82) is 0 Å². The van der Waals surface area contributed by atoms with Gasteiger partial charge in [0.15, 0.2) is 17.2 Å². The molecule has 164 valence electrons. The van der Waals surface area contributed by atoms with Crippen LogP contribution in [0.25, 0.3) is 17.2 Å². The number of rotatable bonds is 2. The molecule has 0 radical (unpaired) electrons. The second kappa shape index (κ2) is 8.22. The highest BCUT2D eigenvalue weighted by Crippen LogP contribution is 2.29. The largest absolute Gasteiger partial charge is 0.443 e. The molecule has 0 aliphatic carbocycles. The number of fused-ring (bicyclic) bond motifs is 1. The van der Waals surface area contributed by atoms with Crippen molar-refractivity contribution in [3.8, 4) is 11.5 Å². The summed E-state index contributed by atoms with van der Waals surface area (Å²) in [7, 11) is 0. The molecule has 3 rings (SSSR count). The number of pyridine rings is 1. The molecular weight excluding hydrogens is 468 g/mol. The highest BCUT2D eigenvalue weighted by molar-refractivity contribution is 9.10. The summed E-state index contributed by atoms with van der Waals surface area (Å²) in [5.41, 5.74) is -1.05. The Kier molecular flexibility index (Phi) is 5.99. The summed E-state index contributed by atoms with van der Waals surface area (Å²) in [4.78, 5) is 39.8. The fraction of sp³-hybridized carbons (Fsp3) is 0.400. The van der Waals surface area contributed by atoms with Crippen molar-refractivity contribution in [2.75, 3.05) is 4.90 Å². The van der Waals surface area contributed by atoms with Crippen molar-refractivity contribution in [3.05, 3.63) is 35.2 Å². The van der Waals surface area contributed by atoms with Crippen LogP contribution in [0.3, 0.4) is 0 Å². The molecular formula is C20H23BrN6O4. The van der Waals surface area contributed by atoms with Crippen LogP contribution in [0.2, 0.25) is 0 Å². The Morgan fingerprint density at radius 2 is 1.61 bits per heavy atom. The highest BCUT2D eigenvalue weighted by atomic mass is 79.9. The van der Waals surface area contributed by atoms with Gasteiger partial charge in [-0.15, -0.1) is 5.10 Å². The summed E-state index contributed by atoms with van der Waals surface area (Å²) in [5.74, 6) is 0.0646. The average Bonchev–Trinajstić information content (AvgIpc) is 3.04. The molecule has 10 nitrogen and oxygen atoms in total. The lowest BCUT2D eigenvalue weighted by Gasteiger charge is -2.28. The van der Waals surface area contributed by atoms with Gasteiger partial charge in [0.25, 0.3) is 0 Å². The summed E-state index contributed by atoms with van der Waals surface area (Å²) in [6.07, 6.45) is 1.17. The maximum absolute atomic E-state index is 13.0. The van der Waals surface area contributed by atoms with E-state index in [1.54, 1.807) is 64.4 Å². The second-order valence-corrected chi connectivity index (χ2v) is 9.41. The number of hydrogen-bond acceptors (Lipinski definition) is 8. The van der Waals surface area contributed by atoms with Gasteiger partial charge >= 0.3 is 12.2 Å². The molecule has 3 aromatic heterocycles. The SMILES string of the molecule is CC(C)(C)OC(=O)N(C(=O)OC(C)(C)C)c1ncc(Br)nc1-c1nc2ccccn2n1. The first-order chi connectivity index (χ1) is 14.3. The fourth-order valence-electron chi connectivity index (χ4n) is 2.47. The van der Waals surface area contributed by atoms with Gasteiger partial charge in [0, 0.05) is 6.20 Å². The summed E-state index contributed by atoms with van der Waals surface area (Å²) in [6.45, 7) is 10.1. The molecule has 0 saturated heterocycles. The van der Waals surface area contributed by atoms with Crippen LogP contribution in [0.5, 0.6) is 0 Å². The van der Waals surface area contributed by atoms with Gasteiger partial charge in [-0.05, 0) is 69.6 Å². The van der Waals surface area contributed by atoms with Crippen LogP contribution in [0.4, 0.5) is 15.4 Å². The van der Waals surface area contributed by atoms with Gasteiger partial charge in [0.1, 0.15) is 15.8 Å². The number of ether oxygens (including phenoxy) is 2. The molecule has 0 aliphatic heterocycles. The van der Waals surface area contributed by atoms with Crippen LogP contribution in [-0.2, 0) is 9.47 Å². The van der Waals surface area contributed by atoms with E-state index in [1.807, 2.05) is 6.07 Å². The first kappa shape index (κ1) is 22.6. The van der Waals surface area contributed by atoms with Crippen LogP contribution < -0.4 is 4.90 Å². The third-order valence-electron chi connectivity index (χ3n) is 3.54. The molecule has 0 unspecified atom stereocenters. The summed E-state index contributed by atoms with van der Waals surface area (Å²) in [5, 5.41) is 4.39. The summed E-state index contributed by atoms with van der Waals surface area (Å²) in [6, 6.07) is 5.38. The van der Waals surface area contributed by atoms with Crippen LogP contribution in [0, 0.1) is 0 Å². The Labute approximate surface area is 187 Å². The van der Waals surface area contributed by atoms with E-state index < -0.39 is 23.4 Å². The van der Waals surface area contributed by atoms with Gasteiger partial charge in [-0.2, -0.15) is 4.90 Å². The van der Waals surface area contributed by atoms with E-state index in [0.29, 0.717) is 15.2 Å². The van der Waals surface area contributed by atoms with Gasteiger partial charge in [-0.25, -0.2) is 29.1 Å². The van der Waals surface area contributed by atoms with Crippen molar-refractivity contribution in [2.24, 2.45) is 0 Å². The number of amides is 2. The molecule has 0 N–H and O–H groups in total. The molecule has 3 aromatic rings. The van der Waals surface area contributed by atoms with Crippen molar-refractivity contribution in [3.63, 3.8) is 0 Å². The smallest absolute Gasteiger partial charge is 0.425 e. The second-order valence-electron chi connectivity index (χ2n) is 8.60. The monoisotopic (exact) mass is 490 g/mol. The van der Waals surface area contributed by atoms with E-state index in [1.165, 1.54) is 6.20 Å². The first-order valence-corrected chi connectivity index (χ1v) is 10.2. The number of aromatic nitrogens is 5. The van der Waals surface area contributed by atoms with E-state index in [2.05, 4.69) is 36.0 Å². The number of halogens is 1. The molecule has 0 spiro atoms. The molecule has 11 heteroatoms. The number of hydrogen-bond donors (Lipinski definition) is 0. The Morgan fingerprint density at radius 3 is 2.16 bits per heavy atom. The lowest BCUT2D eigenvalue weighted by Crippen LogP contribution is -2.44. The van der Waals surface area contributed by atoms with Gasteiger partial charge in [-0.3, -0.25) is 0 Å². The maximum Gasteiger partial charge on any atom is 0.425 e. The molecule has 0 fully saturated rings. The molecule has 2 amide bonds. The standard InChI is InChI=1S/C20H23BrN6O4/c1-19(2,3)30-17(28)27(18(29)31-20(4,5)6)16-14(23-12(21)11-22-16)15-24-13-9-7-8-10-26(13)25-15/h7-11H,1-6H3. The molecule has 0 aromatic carbocycles. The number of anilines is 1. The molecule has 0 atom stereocenters. The summed E-state index contributed by atoms with van der Waals surface area (Å²) < 4.78 is 12.8. The predicted molar refractivity (Wildman–Crippen MR) is 117 cm³/mol. The Hall–Kier alpha value is -3.08. The van der Waals surface area contributed by atoms with Crippen molar-refractivity contribution < 1.29 is 19.1 Å². The van der Waals surface area contributed by atoms with Crippen LogP contribution in [0.1, 0.15) is 41.5 Å². The molecule has 31 heavy (non-hydrogen) atoms. The Bertz CT molecular complexity index is 1070. The third-order valence-corrected chi connectivity index (χ3v) is 3.92. The quantitative estimate of drug-likeness (QED) is 0.510. The third kappa shape index (κ3) is 5.54. The Morgan fingerprint density at radius 1 is 1.00 bits per heavy atom. The van der Waals surface area contributed by atoms with E-state index in [0.717, 1.165) is 0 Å². The highest BCUT2D eigenvalue weighted by Gasteiger charge is 2.36. The molecule has 0 aliphatic rings. The van der Waals surface area contributed by atoms with Crippen LogP contribution >= 0.6 is 15.9 Å². The fourth-order valence-corrected chi connectivity index (χ4v) is 2.75. The van der Waals surface area contributed by atoms with E-state index in [9.17, 15) is 9.59 Å². The molecule has 0 saturated carbocycles. The predicted octanol–water partition coefficient (Wildman–Crippen LogP) is 4.63. The van der Waals surface area contributed by atoms with Gasteiger partial charge in [0.2, 0.25) is 5.82 Å². The zero-order chi connectivity index (χ0) is 23.0. The molecule has 3 heterocycles. The van der Waals surface area contributed by atoms with Gasteiger partial charge in [-0.1, -0.05) is 6.07 Å². The van der Waals surface area contributed by atoms with Crippen LogP contribution in [0.15, 0.2) is 35.2 Å². The number of nitrogens with zero attached hydrogens (tertiary/aromatic N) is 6. The van der Waals surface area contributed by atoms with Crippen molar-refractivity contribution >= 4 is 39.6 Å². The zero-order valence-corrected chi connectivity index (χ0v) is 19.7. The van der Waals surface area contributed by atoms with E-state index in [4.69, 9.17) is 9.47 Å². The van der Waals surface area contributed by atoms with Crippen molar-refractivity contribution in [1.82, 2.24) is 24.6 Å². The normalized spacial score (nSPS) is 12.0. The number of carbonyl (C=O) groups is 2. The van der Waals surface area contributed by atoms with Gasteiger partial charge in [0.05, 0.1) is 6.20 Å². The lowest BCUT2D eigenvalue weighted by molar-refractivity contribution is 0.0429. The summed E-state index contributed by atoms with van der Waals surface area (Å²) >= 11 is 3.27. The average molecular weight is 491 g/mol. The van der Waals surface area contributed by atoms with Gasteiger partial charge < -0.3 is 9.47 Å².